The molecule has 84 valence electrons. The van der Waals surface area contributed by atoms with Gasteiger partial charge in [-0.05, 0) is 61.2 Å². The molecular weight excluding hydrogens is 180 g/mol. The van der Waals surface area contributed by atoms with Crippen LogP contribution in [0.4, 0.5) is 0 Å². The molecule has 5 atom stereocenters. The summed E-state index contributed by atoms with van der Waals surface area (Å²) in [4.78, 5) is 0. The normalized spacial score (nSPS) is 52.5. The smallest absolute Gasteiger partial charge is 0.0115 e. The van der Waals surface area contributed by atoms with Crippen molar-refractivity contribution in [1.82, 2.24) is 0 Å². The molecule has 0 aliphatic heterocycles. The molecule has 0 aromatic rings. The van der Waals surface area contributed by atoms with Crippen molar-refractivity contribution in [3.05, 3.63) is 11.6 Å². The van der Waals surface area contributed by atoms with Crippen LogP contribution in [0.3, 0.4) is 0 Å². The molecule has 4 rings (SSSR count). The Bertz CT molecular complexity index is 312. The Morgan fingerprint density at radius 1 is 1.40 bits per heavy atom. The zero-order valence-corrected chi connectivity index (χ0v) is 10.6. The molecule has 0 nitrogen and oxygen atoms in total. The van der Waals surface area contributed by atoms with Crippen LogP contribution < -0.4 is 0 Å². The fraction of sp³-hybridized carbons (Fsp3) is 0.867. The maximum Gasteiger partial charge on any atom is -0.0115 e. The van der Waals surface area contributed by atoms with Crippen LogP contribution >= 0.6 is 0 Å². The van der Waals surface area contributed by atoms with E-state index in [9.17, 15) is 0 Å². The SMILES string of the molecule is CC1=CC[C@H]2[C@H]3[C@@H](C(C)C)CC[C@]2(C)[C@H]13. The molecule has 4 aliphatic rings. The van der Waals surface area contributed by atoms with Gasteiger partial charge in [-0.1, -0.05) is 32.4 Å². The van der Waals surface area contributed by atoms with Gasteiger partial charge in [-0.25, -0.2) is 0 Å². The predicted octanol–water partition coefficient (Wildman–Crippen LogP) is 4.27. The predicted molar refractivity (Wildman–Crippen MR) is 64.5 cm³/mol. The Balaban J connectivity index is 1.95. The van der Waals surface area contributed by atoms with Crippen LogP contribution in [0.1, 0.15) is 47.0 Å². The second-order valence-corrected chi connectivity index (χ2v) is 6.80. The molecule has 0 radical (unpaired) electrons. The molecule has 0 spiro atoms. The van der Waals surface area contributed by atoms with Crippen molar-refractivity contribution in [3.63, 3.8) is 0 Å². The Labute approximate surface area is 94.1 Å². The van der Waals surface area contributed by atoms with E-state index in [1.807, 2.05) is 0 Å². The zero-order valence-electron chi connectivity index (χ0n) is 10.6. The molecule has 4 aliphatic carbocycles. The van der Waals surface area contributed by atoms with E-state index in [1.54, 1.807) is 5.57 Å². The minimum atomic E-state index is 0.703. The largest absolute Gasteiger partial charge is 0.0850 e. The fourth-order valence-electron chi connectivity index (χ4n) is 5.25. The van der Waals surface area contributed by atoms with Gasteiger partial charge in [0.05, 0.1) is 0 Å². The molecule has 0 heterocycles. The van der Waals surface area contributed by atoms with E-state index < -0.39 is 0 Å². The topological polar surface area (TPSA) is 0 Å². The van der Waals surface area contributed by atoms with Crippen LogP contribution in [0.5, 0.6) is 0 Å². The summed E-state index contributed by atoms with van der Waals surface area (Å²) in [5, 5.41) is 0. The van der Waals surface area contributed by atoms with Gasteiger partial charge >= 0.3 is 0 Å². The number of hydrogen-bond acceptors (Lipinski definition) is 0. The van der Waals surface area contributed by atoms with Gasteiger partial charge in [-0.2, -0.15) is 0 Å². The van der Waals surface area contributed by atoms with Crippen molar-refractivity contribution in [2.45, 2.75) is 47.0 Å². The Morgan fingerprint density at radius 3 is 2.73 bits per heavy atom. The van der Waals surface area contributed by atoms with Gasteiger partial charge in [-0.15, -0.1) is 0 Å². The van der Waals surface area contributed by atoms with Crippen molar-refractivity contribution < 1.29 is 0 Å². The first-order valence-corrected chi connectivity index (χ1v) is 6.72. The summed E-state index contributed by atoms with van der Waals surface area (Å²) >= 11 is 0. The van der Waals surface area contributed by atoms with Gasteiger partial charge in [0.15, 0.2) is 0 Å². The summed E-state index contributed by atoms with van der Waals surface area (Å²) in [5.41, 5.74) is 2.42. The average Bonchev–Trinajstić information content (AvgIpc) is 2.17. The molecule has 0 saturated heterocycles. The Morgan fingerprint density at radius 2 is 2.13 bits per heavy atom. The van der Waals surface area contributed by atoms with Crippen molar-refractivity contribution >= 4 is 0 Å². The third-order valence-electron chi connectivity index (χ3n) is 5.96. The van der Waals surface area contributed by atoms with E-state index in [2.05, 4.69) is 33.8 Å². The van der Waals surface area contributed by atoms with Gasteiger partial charge in [0.2, 0.25) is 0 Å². The van der Waals surface area contributed by atoms with Gasteiger partial charge in [0.25, 0.3) is 0 Å². The molecule has 0 unspecified atom stereocenters. The average molecular weight is 204 g/mol. The molecule has 4 bridgehead atoms. The molecule has 0 aromatic heterocycles. The lowest BCUT2D eigenvalue weighted by atomic mass is 9.34. The van der Waals surface area contributed by atoms with Gasteiger partial charge < -0.3 is 0 Å². The molecule has 0 N–H and O–H groups in total. The number of hydrogen-bond donors (Lipinski definition) is 0. The van der Waals surface area contributed by atoms with E-state index in [0.29, 0.717) is 5.41 Å². The lowest BCUT2D eigenvalue weighted by Gasteiger charge is -2.70. The van der Waals surface area contributed by atoms with Crippen molar-refractivity contribution in [1.29, 1.82) is 0 Å². The fourth-order valence-corrected chi connectivity index (χ4v) is 5.25. The highest BCUT2D eigenvalue weighted by molar-refractivity contribution is 5.28. The molecule has 2 fully saturated rings. The molecule has 15 heavy (non-hydrogen) atoms. The van der Waals surface area contributed by atoms with Crippen molar-refractivity contribution in [2.24, 2.45) is 35.0 Å². The van der Waals surface area contributed by atoms with E-state index in [-0.39, 0.29) is 0 Å². The first-order chi connectivity index (χ1) is 7.05. The van der Waals surface area contributed by atoms with Gasteiger partial charge in [0.1, 0.15) is 0 Å². The number of fused-ring (bicyclic) bond motifs is 1. The van der Waals surface area contributed by atoms with Crippen LogP contribution in [-0.2, 0) is 0 Å². The van der Waals surface area contributed by atoms with Crippen LogP contribution in [0.15, 0.2) is 11.6 Å². The zero-order chi connectivity index (χ0) is 10.8. The summed E-state index contributed by atoms with van der Waals surface area (Å²) in [6.45, 7) is 9.81. The Hall–Kier alpha value is -0.260. The second-order valence-electron chi connectivity index (χ2n) is 6.80. The summed E-state index contributed by atoms with van der Waals surface area (Å²) in [6, 6.07) is 0. The van der Waals surface area contributed by atoms with Crippen LogP contribution in [0.2, 0.25) is 0 Å². The van der Waals surface area contributed by atoms with E-state index in [0.717, 1.165) is 29.6 Å². The molecule has 0 aromatic carbocycles. The minimum Gasteiger partial charge on any atom is -0.0850 e. The molecule has 2 saturated carbocycles. The molecule has 0 amide bonds. The Kier molecular flexibility index (Phi) is 1.92. The molecular formula is C15H24. The van der Waals surface area contributed by atoms with Gasteiger partial charge in [0, 0.05) is 0 Å². The summed E-state index contributed by atoms with van der Waals surface area (Å²) in [5.74, 6) is 4.96. The van der Waals surface area contributed by atoms with Crippen molar-refractivity contribution in [2.75, 3.05) is 0 Å². The number of allylic oxidation sites excluding steroid dienone is 2. The molecule has 0 heteroatoms. The van der Waals surface area contributed by atoms with E-state index >= 15 is 0 Å². The second kappa shape index (κ2) is 2.90. The quantitative estimate of drug-likeness (QED) is 0.559. The maximum absolute atomic E-state index is 2.56. The lowest BCUT2D eigenvalue weighted by Crippen LogP contribution is -2.63. The van der Waals surface area contributed by atoms with Crippen molar-refractivity contribution in [3.8, 4) is 0 Å². The summed E-state index contributed by atoms with van der Waals surface area (Å²) < 4.78 is 0. The standard InChI is InChI=1S/C15H24/c1-9(2)11-7-8-15(4)12-6-5-10(3)14(15)13(11)12/h5,9,11-14H,6-8H2,1-4H3/t11-,12+,13-,14-,15+/m1/s1. The van der Waals surface area contributed by atoms with E-state index in [1.165, 1.54) is 19.3 Å². The van der Waals surface area contributed by atoms with E-state index in [4.69, 9.17) is 0 Å². The van der Waals surface area contributed by atoms with Crippen LogP contribution in [0.25, 0.3) is 0 Å². The van der Waals surface area contributed by atoms with Crippen LogP contribution in [-0.4, -0.2) is 0 Å². The first kappa shape index (κ1) is 9.93. The van der Waals surface area contributed by atoms with Gasteiger partial charge in [-0.3, -0.25) is 0 Å². The third-order valence-corrected chi connectivity index (χ3v) is 5.96. The monoisotopic (exact) mass is 204 g/mol. The number of rotatable bonds is 1. The first-order valence-electron chi connectivity index (χ1n) is 6.72. The minimum absolute atomic E-state index is 0.703. The highest BCUT2D eigenvalue weighted by Gasteiger charge is 2.64. The van der Waals surface area contributed by atoms with Crippen LogP contribution in [0, 0.1) is 35.0 Å². The maximum atomic E-state index is 2.56. The summed E-state index contributed by atoms with van der Waals surface area (Å²) in [7, 11) is 0. The lowest BCUT2D eigenvalue weighted by molar-refractivity contribution is -0.181. The summed E-state index contributed by atoms with van der Waals surface area (Å²) in [6.07, 6.45) is 6.90. The highest BCUT2D eigenvalue weighted by Crippen LogP contribution is 2.71. The third kappa shape index (κ3) is 1.04. The highest BCUT2D eigenvalue weighted by atomic mass is 14.7.